The summed E-state index contributed by atoms with van der Waals surface area (Å²) in [6.07, 6.45) is -0.176. The Bertz CT molecular complexity index is 681. The number of halogens is 2. The number of rotatable bonds is 4. The molecule has 2 aromatic rings. The Morgan fingerprint density at radius 3 is 2.45 bits per heavy atom. The molecular formula is C16H13ClFNO3. The van der Waals surface area contributed by atoms with Crippen LogP contribution in [0.2, 0.25) is 5.02 Å². The zero-order chi connectivity index (χ0) is 16.1. The van der Waals surface area contributed by atoms with Crippen molar-refractivity contribution in [2.24, 2.45) is 0 Å². The van der Waals surface area contributed by atoms with Crippen molar-refractivity contribution >= 4 is 29.2 Å². The van der Waals surface area contributed by atoms with Gasteiger partial charge in [-0.3, -0.25) is 4.79 Å². The van der Waals surface area contributed by atoms with Gasteiger partial charge in [0.1, 0.15) is 5.82 Å². The van der Waals surface area contributed by atoms with Crippen LogP contribution in [0.5, 0.6) is 0 Å². The van der Waals surface area contributed by atoms with E-state index < -0.39 is 17.7 Å². The van der Waals surface area contributed by atoms with Crippen LogP contribution in [-0.4, -0.2) is 19.0 Å². The highest BCUT2D eigenvalue weighted by atomic mass is 35.5. The summed E-state index contributed by atoms with van der Waals surface area (Å²) >= 11 is 5.88. The molecule has 2 rings (SSSR count). The van der Waals surface area contributed by atoms with Gasteiger partial charge >= 0.3 is 5.97 Å². The normalized spacial score (nSPS) is 10.1. The molecule has 0 saturated heterocycles. The molecule has 0 fully saturated rings. The molecule has 2 aromatic carbocycles. The lowest BCUT2D eigenvalue weighted by atomic mass is 10.1. The molecule has 114 valence electrons. The predicted octanol–water partition coefficient (Wildman–Crippen LogP) is 3.45. The molecule has 22 heavy (non-hydrogen) atoms. The second-order valence-corrected chi connectivity index (χ2v) is 4.90. The van der Waals surface area contributed by atoms with Crippen LogP contribution in [0, 0.1) is 5.82 Å². The second kappa shape index (κ2) is 7.04. The third kappa shape index (κ3) is 3.83. The Morgan fingerprint density at radius 1 is 1.18 bits per heavy atom. The predicted molar refractivity (Wildman–Crippen MR) is 81.5 cm³/mol. The zero-order valence-corrected chi connectivity index (χ0v) is 12.5. The maximum atomic E-state index is 13.6. The standard InChI is InChI=1S/C16H13ClFNO3/c1-22-16(21)10-5-7-11(8-6-10)19-15(20)9-12-13(17)3-2-4-14(12)18/h2-8H,9H2,1H3,(H,19,20). The Balaban J connectivity index is 2.05. The fourth-order valence-electron chi connectivity index (χ4n) is 1.87. The topological polar surface area (TPSA) is 55.4 Å². The van der Waals surface area contributed by atoms with Gasteiger partial charge in [0.05, 0.1) is 19.1 Å². The molecule has 0 heterocycles. The highest BCUT2D eigenvalue weighted by molar-refractivity contribution is 6.31. The lowest BCUT2D eigenvalue weighted by Gasteiger charge is -2.08. The molecule has 0 atom stereocenters. The van der Waals surface area contributed by atoms with E-state index in [1.807, 2.05) is 0 Å². The molecule has 6 heteroatoms. The molecule has 0 aliphatic heterocycles. The number of methoxy groups -OCH3 is 1. The van der Waals surface area contributed by atoms with Crippen molar-refractivity contribution in [3.63, 3.8) is 0 Å². The number of hydrogen-bond acceptors (Lipinski definition) is 3. The molecule has 0 radical (unpaired) electrons. The number of ether oxygens (including phenoxy) is 1. The van der Waals surface area contributed by atoms with Gasteiger partial charge in [0.15, 0.2) is 0 Å². The van der Waals surface area contributed by atoms with Crippen LogP contribution < -0.4 is 5.32 Å². The number of amides is 1. The highest BCUT2D eigenvalue weighted by Gasteiger charge is 2.12. The minimum atomic E-state index is -0.524. The van der Waals surface area contributed by atoms with Crippen LogP contribution in [0.25, 0.3) is 0 Å². The van der Waals surface area contributed by atoms with E-state index >= 15 is 0 Å². The number of benzene rings is 2. The zero-order valence-electron chi connectivity index (χ0n) is 11.7. The molecule has 4 nitrogen and oxygen atoms in total. The second-order valence-electron chi connectivity index (χ2n) is 4.49. The van der Waals surface area contributed by atoms with Crippen LogP contribution in [-0.2, 0) is 16.0 Å². The Kier molecular flexibility index (Phi) is 5.12. The van der Waals surface area contributed by atoms with Crippen molar-refractivity contribution in [2.75, 3.05) is 12.4 Å². The molecule has 1 N–H and O–H groups in total. The Labute approximate surface area is 131 Å². The minimum absolute atomic E-state index is 0.146. The number of esters is 1. The van der Waals surface area contributed by atoms with Crippen LogP contribution in [0.4, 0.5) is 10.1 Å². The average Bonchev–Trinajstić information content (AvgIpc) is 2.51. The Morgan fingerprint density at radius 2 is 1.86 bits per heavy atom. The van der Waals surface area contributed by atoms with Crippen molar-refractivity contribution in [2.45, 2.75) is 6.42 Å². The highest BCUT2D eigenvalue weighted by Crippen LogP contribution is 2.20. The van der Waals surface area contributed by atoms with E-state index in [9.17, 15) is 14.0 Å². The van der Waals surface area contributed by atoms with Gasteiger partial charge in [-0.2, -0.15) is 0 Å². The van der Waals surface area contributed by atoms with E-state index in [2.05, 4.69) is 10.1 Å². The van der Waals surface area contributed by atoms with Crippen LogP contribution in [0.3, 0.4) is 0 Å². The summed E-state index contributed by atoms with van der Waals surface area (Å²) in [5.74, 6) is -1.39. The van der Waals surface area contributed by atoms with Gasteiger partial charge < -0.3 is 10.1 Å². The molecule has 1 amide bonds. The SMILES string of the molecule is COC(=O)c1ccc(NC(=O)Cc2c(F)cccc2Cl)cc1. The lowest BCUT2D eigenvalue weighted by Crippen LogP contribution is -2.15. The number of carbonyl (C=O) groups excluding carboxylic acids is 2. The molecule has 0 bridgehead atoms. The maximum absolute atomic E-state index is 13.6. The average molecular weight is 322 g/mol. The summed E-state index contributed by atoms with van der Waals surface area (Å²) in [5.41, 5.74) is 1.01. The van der Waals surface area contributed by atoms with Crippen molar-refractivity contribution in [3.8, 4) is 0 Å². The van der Waals surface area contributed by atoms with Gasteiger partial charge in [-0.1, -0.05) is 17.7 Å². The van der Waals surface area contributed by atoms with Crippen LogP contribution in [0.15, 0.2) is 42.5 Å². The summed E-state index contributed by atoms with van der Waals surface area (Å²) < 4.78 is 18.2. The van der Waals surface area contributed by atoms with Crippen molar-refractivity contribution < 1.29 is 18.7 Å². The Hall–Kier alpha value is -2.40. The maximum Gasteiger partial charge on any atom is 0.337 e. The quantitative estimate of drug-likeness (QED) is 0.878. The first kappa shape index (κ1) is 16.0. The molecule has 0 spiro atoms. The lowest BCUT2D eigenvalue weighted by molar-refractivity contribution is -0.115. The molecule has 0 aliphatic rings. The monoisotopic (exact) mass is 321 g/mol. The summed E-state index contributed by atoms with van der Waals surface area (Å²) in [6.45, 7) is 0. The van der Waals surface area contributed by atoms with E-state index in [4.69, 9.17) is 11.6 Å². The van der Waals surface area contributed by atoms with E-state index in [1.54, 1.807) is 12.1 Å². The smallest absolute Gasteiger partial charge is 0.337 e. The van der Waals surface area contributed by atoms with Crippen molar-refractivity contribution in [3.05, 3.63) is 64.4 Å². The molecular weight excluding hydrogens is 309 g/mol. The number of nitrogens with one attached hydrogen (secondary N) is 1. The fourth-order valence-corrected chi connectivity index (χ4v) is 2.10. The molecule has 0 aromatic heterocycles. The first-order valence-corrected chi connectivity index (χ1v) is 6.80. The van der Waals surface area contributed by atoms with Gasteiger partial charge in [0.2, 0.25) is 5.91 Å². The van der Waals surface area contributed by atoms with Gasteiger partial charge in [0.25, 0.3) is 0 Å². The summed E-state index contributed by atoms with van der Waals surface area (Å²) in [5, 5.41) is 2.82. The summed E-state index contributed by atoms with van der Waals surface area (Å²) in [4.78, 5) is 23.2. The molecule has 0 saturated carbocycles. The first-order valence-electron chi connectivity index (χ1n) is 6.42. The van der Waals surface area contributed by atoms with Gasteiger partial charge in [-0.05, 0) is 36.4 Å². The minimum Gasteiger partial charge on any atom is -0.465 e. The third-order valence-electron chi connectivity index (χ3n) is 2.99. The molecule has 0 unspecified atom stereocenters. The van der Waals surface area contributed by atoms with Gasteiger partial charge in [-0.15, -0.1) is 0 Å². The summed E-state index contributed by atoms with van der Waals surface area (Å²) in [6, 6.07) is 10.4. The van der Waals surface area contributed by atoms with Crippen LogP contribution >= 0.6 is 11.6 Å². The largest absolute Gasteiger partial charge is 0.465 e. The number of carbonyl (C=O) groups is 2. The fraction of sp³-hybridized carbons (Fsp3) is 0.125. The first-order chi connectivity index (χ1) is 10.5. The van der Waals surface area contributed by atoms with Crippen LogP contribution in [0.1, 0.15) is 15.9 Å². The van der Waals surface area contributed by atoms with E-state index in [0.29, 0.717) is 11.3 Å². The van der Waals surface area contributed by atoms with Crippen molar-refractivity contribution in [1.82, 2.24) is 0 Å². The van der Waals surface area contributed by atoms with Crippen molar-refractivity contribution in [1.29, 1.82) is 0 Å². The molecule has 0 aliphatic carbocycles. The number of anilines is 1. The summed E-state index contributed by atoms with van der Waals surface area (Å²) in [7, 11) is 1.29. The van der Waals surface area contributed by atoms with E-state index in [-0.39, 0.29) is 17.0 Å². The third-order valence-corrected chi connectivity index (χ3v) is 3.34. The van der Waals surface area contributed by atoms with Gasteiger partial charge in [0, 0.05) is 16.3 Å². The van der Waals surface area contributed by atoms with E-state index in [1.165, 1.54) is 37.4 Å². The van der Waals surface area contributed by atoms with Gasteiger partial charge in [-0.25, -0.2) is 9.18 Å². The van der Waals surface area contributed by atoms with E-state index in [0.717, 1.165) is 0 Å². The number of hydrogen-bond donors (Lipinski definition) is 1.